The average Bonchev–Trinajstić information content (AvgIpc) is 2.78. The summed E-state index contributed by atoms with van der Waals surface area (Å²) in [5.41, 5.74) is 0. The maximum atomic E-state index is 12.1. The number of nitrogens with one attached hydrogen (secondary N) is 1. The summed E-state index contributed by atoms with van der Waals surface area (Å²) >= 11 is 1.48. The van der Waals surface area contributed by atoms with Crippen molar-refractivity contribution < 1.29 is 19.4 Å². The highest BCUT2D eigenvalue weighted by Gasteiger charge is 2.39. The number of urea groups is 1. The zero-order valence-electron chi connectivity index (χ0n) is 12.2. The van der Waals surface area contributed by atoms with E-state index in [1.165, 1.54) is 16.7 Å². The number of methoxy groups -OCH3 is 1. The number of carboxylic acid groups (broad SMARTS) is 1. The van der Waals surface area contributed by atoms with Gasteiger partial charge in [0.25, 0.3) is 0 Å². The number of hydrogen-bond acceptors (Lipinski definition) is 5. The van der Waals surface area contributed by atoms with Gasteiger partial charge in [0.15, 0.2) is 0 Å². The zero-order chi connectivity index (χ0) is 15.1. The summed E-state index contributed by atoms with van der Waals surface area (Å²) in [6.45, 7) is 4.46. The molecule has 0 aromatic heterocycles. The Morgan fingerprint density at radius 3 is 2.80 bits per heavy atom. The summed E-state index contributed by atoms with van der Waals surface area (Å²) in [7, 11) is 3.59. The molecule has 1 saturated heterocycles. The van der Waals surface area contributed by atoms with Gasteiger partial charge >= 0.3 is 12.0 Å². The summed E-state index contributed by atoms with van der Waals surface area (Å²) in [5, 5.41) is 11.8. The van der Waals surface area contributed by atoms with E-state index in [0.29, 0.717) is 25.4 Å². The third kappa shape index (κ3) is 4.84. The second-order valence-electron chi connectivity index (χ2n) is 4.72. The van der Waals surface area contributed by atoms with Crippen LogP contribution in [0.5, 0.6) is 0 Å². The number of carbonyl (C=O) groups excluding carboxylic acids is 1. The number of ether oxygens (including phenoxy) is 1. The minimum atomic E-state index is -0.950. The Hall–Kier alpha value is -0.990. The fourth-order valence-electron chi connectivity index (χ4n) is 1.95. The minimum Gasteiger partial charge on any atom is -0.480 e. The highest BCUT2D eigenvalue weighted by molar-refractivity contribution is 8.00. The van der Waals surface area contributed by atoms with Crippen molar-refractivity contribution in [3.8, 4) is 0 Å². The van der Waals surface area contributed by atoms with Crippen LogP contribution >= 0.6 is 11.8 Å². The lowest BCUT2D eigenvalue weighted by molar-refractivity contribution is -0.141. The normalized spacial score (nSPS) is 22.3. The van der Waals surface area contributed by atoms with Crippen LogP contribution in [-0.4, -0.2) is 84.5 Å². The Kier molecular flexibility index (Phi) is 7.11. The van der Waals surface area contributed by atoms with Crippen LogP contribution in [0.25, 0.3) is 0 Å². The number of likely N-dealkylation sites (N-methyl/N-ethyl adjacent to an activating group) is 1. The van der Waals surface area contributed by atoms with Crippen LogP contribution in [-0.2, 0) is 9.53 Å². The quantitative estimate of drug-likeness (QED) is 0.695. The molecule has 2 atom stereocenters. The minimum absolute atomic E-state index is 0.109. The molecule has 1 fully saturated rings. The first-order chi connectivity index (χ1) is 9.47. The predicted octanol–water partition coefficient (Wildman–Crippen LogP) is 0.122. The largest absolute Gasteiger partial charge is 0.480 e. The number of carbonyl (C=O) groups is 2. The fourth-order valence-corrected chi connectivity index (χ4v) is 3.11. The summed E-state index contributed by atoms with van der Waals surface area (Å²) in [5.74, 6) is -0.508. The van der Waals surface area contributed by atoms with Crippen LogP contribution in [0.3, 0.4) is 0 Å². The number of amides is 2. The first kappa shape index (κ1) is 17.1. The van der Waals surface area contributed by atoms with E-state index in [-0.39, 0.29) is 11.4 Å². The van der Waals surface area contributed by atoms with Crippen molar-refractivity contribution in [1.29, 1.82) is 0 Å². The Bertz CT molecular complexity index is 343. The van der Waals surface area contributed by atoms with Gasteiger partial charge in [0.2, 0.25) is 0 Å². The first-order valence-electron chi connectivity index (χ1n) is 6.55. The van der Waals surface area contributed by atoms with E-state index >= 15 is 0 Å². The van der Waals surface area contributed by atoms with Gasteiger partial charge in [-0.2, -0.15) is 0 Å². The molecule has 1 rings (SSSR count). The molecule has 1 aliphatic heterocycles. The van der Waals surface area contributed by atoms with Crippen LogP contribution in [0, 0.1) is 0 Å². The van der Waals surface area contributed by atoms with Gasteiger partial charge in [-0.05, 0) is 14.0 Å². The highest BCUT2D eigenvalue weighted by Crippen LogP contribution is 2.28. The molecule has 7 nitrogen and oxygen atoms in total. The van der Waals surface area contributed by atoms with Crippen molar-refractivity contribution >= 4 is 23.8 Å². The van der Waals surface area contributed by atoms with Gasteiger partial charge in [0.05, 0.1) is 12.0 Å². The number of thioether (sulfide) groups is 1. The molecule has 0 spiro atoms. The maximum absolute atomic E-state index is 12.1. The second-order valence-corrected chi connectivity index (χ2v) is 6.07. The van der Waals surface area contributed by atoms with Gasteiger partial charge in [-0.15, -0.1) is 11.8 Å². The molecular formula is C12H23N3O4S. The lowest BCUT2D eigenvalue weighted by Crippen LogP contribution is -2.50. The molecule has 20 heavy (non-hydrogen) atoms. The van der Waals surface area contributed by atoms with Crippen molar-refractivity contribution in [3.05, 3.63) is 0 Å². The zero-order valence-corrected chi connectivity index (χ0v) is 13.0. The van der Waals surface area contributed by atoms with Crippen molar-refractivity contribution in [2.24, 2.45) is 0 Å². The van der Waals surface area contributed by atoms with Crippen LogP contribution in [0.4, 0.5) is 4.79 Å². The SMILES string of the molecule is COCCN(C)CCNC(=O)N1C(C)SCC1C(=O)O. The number of aliphatic carboxylic acids is 1. The standard InChI is InChI=1S/C12H23N3O4S/c1-9-15(10(8-20-9)11(16)17)12(18)13-4-5-14(2)6-7-19-3/h9-10H,4-8H2,1-3H3,(H,13,18)(H,16,17). The van der Waals surface area contributed by atoms with Gasteiger partial charge in [-0.3, -0.25) is 4.90 Å². The molecule has 2 amide bonds. The molecule has 0 aromatic rings. The molecule has 2 N–H and O–H groups in total. The van der Waals surface area contributed by atoms with Gasteiger partial charge < -0.3 is 20.1 Å². The maximum Gasteiger partial charge on any atom is 0.327 e. The number of carboxylic acids is 1. The Labute approximate surface area is 123 Å². The number of nitrogens with zero attached hydrogens (tertiary/aromatic N) is 2. The molecule has 0 aromatic carbocycles. The second kappa shape index (κ2) is 8.33. The molecule has 0 saturated carbocycles. The topological polar surface area (TPSA) is 82.1 Å². The van der Waals surface area contributed by atoms with E-state index < -0.39 is 12.0 Å². The van der Waals surface area contributed by atoms with Crippen molar-refractivity contribution in [1.82, 2.24) is 15.1 Å². The molecule has 1 heterocycles. The summed E-state index contributed by atoms with van der Waals surface area (Å²) in [6.07, 6.45) is 0. The molecule has 1 aliphatic rings. The molecule has 116 valence electrons. The van der Waals surface area contributed by atoms with Gasteiger partial charge in [-0.1, -0.05) is 0 Å². The smallest absolute Gasteiger partial charge is 0.327 e. The van der Waals surface area contributed by atoms with E-state index in [9.17, 15) is 9.59 Å². The van der Waals surface area contributed by atoms with Crippen molar-refractivity contribution in [3.63, 3.8) is 0 Å². The summed E-state index contributed by atoms with van der Waals surface area (Å²) in [6, 6.07) is -1.05. The van der Waals surface area contributed by atoms with E-state index in [0.717, 1.165) is 6.54 Å². The van der Waals surface area contributed by atoms with E-state index in [1.54, 1.807) is 7.11 Å². The third-order valence-corrected chi connectivity index (χ3v) is 4.41. The van der Waals surface area contributed by atoms with Gasteiger partial charge in [0.1, 0.15) is 6.04 Å². The molecule has 0 aliphatic carbocycles. The summed E-state index contributed by atoms with van der Waals surface area (Å²) < 4.78 is 4.97. The van der Waals surface area contributed by atoms with E-state index in [4.69, 9.17) is 9.84 Å². The van der Waals surface area contributed by atoms with Gasteiger partial charge in [0, 0.05) is 32.5 Å². The lowest BCUT2D eigenvalue weighted by atomic mass is 10.3. The molecule has 2 unspecified atom stereocenters. The fraction of sp³-hybridized carbons (Fsp3) is 0.833. The van der Waals surface area contributed by atoms with Crippen molar-refractivity contribution in [2.45, 2.75) is 18.3 Å². The monoisotopic (exact) mass is 305 g/mol. The van der Waals surface area contributed by atoms with Crippen LogP contribution < -0.4 is 5.32 Å². The Morgan fingerprint density at radius 1 is 1.50 bits per heavy atom. The van der Waals surface area contributed by atoms with Crippen LogP contribution in [0.1, 0.15) is 6.92 Å². The Balaban J connectivity index is 2.36. The van der Waals surface area contributed by atoms with Crippen LogP contribution in [0.2, 0.25) is 0 Å². The molecular weight excluding hydrogens is 282 g/mol. The molecule has 8 heteroatoms. The Morgan fingerprint density at radius 2 is 2.20 bits per heavy atom. The molecule has 0 radical (unpaired) electrons. The predicted molar refractivity (Wildman–Crippen MR) is 78.0 cm³/mol. The van der Waals surface area contributed by atoms with Crippen molar-refractivity contribution in [2.75, 3.05) is 46.2 Å². The number of hydrogen-bond donors (Lipinski definition) is 2. The summed E-state index contributed by atoms with van der Waals surface area (Å²) in [4.78, 5) is 26.6. The van der Waals surface area contributed by atoms with Gasteiger partial charge in [-0.25, -0.2) is 9.59 Å². The number of rotatable bonds is 7. The van der Waals surface area contributed by atoms with E-state index in [2.05, 4.69) is 5.32 Å². The van der Waals surface area contributed by atoms with Crippen LogP contribution in [0.15, 0.2) is 0 Å². The molecule has 0 bridgehead atoms. The average molecular weight is 305 g/mol. The highest BCUT2D eigenvalue weighted by atomic mass is 32.2. The third-order valence-electron chi connectivity index (χ3n) is 3.19. The van der Waals surface area contributed by atoms with E-state index in [1.807, 2.05) is 18.9 Å². The lowest BCUT2D eigenvalue weighted by Gasteiger charge is -2.25. The first-order valence-corrected chi connectivity index (χ1v) is 7.60.